The number of rotatable bonds is 7. The summed E-state index contributed by atoms with van der Waals surface area (Å²) in [6, 6.07) is 12.9. The number of nitrogens with one attached hydrogen (secondary N) is 3. The maximum Gasteiger partial charge on any atom is 0.268 e. The number of ether oxygens (including phenoxy) is 1. The quantitative estimate of drug-likeness (QED) is 0.370. The van der Waals surface area contributed by atoms with Crippen LogP contribution >= 0.6 is 0 Å². The zero-order valence-corrected chi connectivity index (χ0v) is 22.1. The SMILES string of the molecule is COc1cc(C#N)cc2[nH]c(C(=O)NC(CC(C)C)C(=O)N3C[C@]4(C[C@H]3CO)C(=O)Nc3ccccc34)cc12. The number of para-hydroxylation sites is 1. The third-order valence-electron chi connectivity index (χ3n) is 7.69. The molecule has 2 aromatic carbocycles. The second kappa shape index (κ2) is 10.1. The van der Waals surface area contributed by atoms with Crippen molar-refractivity contribution < 1.29 is 24.2 Å². The first-order chi connectivity index (χ1) is 18.7. The molecule has 4 N–H and O–H groups in total. The largest absolute Gasteiger partial charge is 0.496 e. The molecule has 1 saturated heterocycles. The zero-order chi connectivity index (χ0) is 27.9. The van der Waals surface area contributed by atoms with Crippen LogP contribution in [0.5, 0.6) is 5.75 Å². The average Bonchev–Trinajstić information content (AvgIpc) is 3.61. The first-order valence-corrected chi connectivity index (χ1v) is 12.9. The van der Waals surface area contributed by atoms with E-state index in [1.807, 2.05) is 38.1 Å². The number of hydrogen-bond acceptors (Lipinski definition) is 6. The van der Waals surface area contributed by atoms with Gasteiger partial charge in [-0.15, -0.1) is 0 Å². The Bertz CT molecular complexity index is 1510. The van der Waals surface area contributed by atoms with Crippen LogP contribution in [0.4, 0.5) is 5.69 Å². The standard InChI is InChI=1S/C29H31N5O5/c1-16(2)8-24(32-26(36)23-11-19-22(31-23)9-17(13-30)10-25(19)39-3)27(37)34-15-29(12-18(34)14-35)20-6-4-5-7-21(20)33-28(29)38/h4-7,9-11,16,18,24,31,35H,8,12,14-15H2,1-3H3,(H,32,36)(H,33,38)/t18-,24?,29-/m0/s1. The second-order valence-corrected chi connectivity index (χ2v) is 10.7. The minimum absolute atomic E-state index is 0.0832. The topological polar surface area (TPSA) is 148 Å². The molecule has 39 heavy (non-hydrogen) atoms. The van der Waals surface area contributed by atoms with Gasteiger partial charge in [-0.25, -0.2) is 0 Å². The number of nitrogens with zero attached hydrogens (tertiary/aromatic N) is 2. The molecule has 0 saturated carbocycles. The molecule has 0 radical (unpaired) electrons. The maximum atomic E-state index is 13.9. The van der Waals surface area contributed by atoms with Crippen molar-refractivity contribution in [3.63, 3.8) is 0 Å². The van der Waals surface area contributed by atoms with Crippen molar-refractivity contribution >= 4 is 34.3 Å². The molecule has 1 spiro atoms. The van der Waals surface area contributed by atoms with E-state index in [0.29, 0.717) is 40.7 Å². The summed E-state index contributed by atoms with van der Waals surface area (Å²) in [6.07, 6.45) is 0.667. The highest BCUT2D eigenvalue weighted by Gasteiger charge is 2.56. The highest BCUT2D eigenvalue weighted by atomic mass is 16.5. The van der Waals surface area contributed by atoms with Gasteiger partial charge in [0, 0.05) is 17.6 Å². The highest BCUT2D eigenvalue weighted by Crippen LogP contribution is 2.46. The van der Waals surface area contributed by atoms with Crippen LogP contribution in [0.2, 0.25) is 0 Å². The number of hydrogen-bond donors (Lipinski definition) is 4. The van der Waals surface area contributed by atoms with Crippen molar-refractivity contribution in [1.82, 2.24) is 15.2 Å². The van der Waals surface area contributed by atoms with Crippen LogP contribution in [0, 0.1) is 17.2 Å². The van der Waals surface area contributed by atoms with E-state index in [9.17, 15) is 24.8 Å². The summed E-state index contributed by atoms with van der Waals surface area (Å²) in [5.74, 6) is -0.474. The molecule has 5 rings (SSSR count). The monoisotopic (exact) mass is 529 g/mol. The van der Waals surface area contributed by atoms with Crippen LogP contribution in [-0.2, 0) is 15.0 Å². The van der Waals surface area contributed by atoms with Gasteiger partial charge >= 0.3 is 0 Å². The summed E-state index contributed by atoms with van der Waals surface area (Å²) >= 11 is 0. The summed E-state index contributed by atoms with van der Waals surface area (Å²) in [5, 5.41) is 25.9. The molecule has 3 amide bonds. The molecular formula is C29H31N5O5. The number of fused-ring (bicyclic) bond motifs is 3. The highest BCUT2D eigenvalue weighted by molar-refractivity contribution is 6.07. The molecule has 3 heterocycles. The minimum atomic E-state index is -0.946. The Kier molecular flexibility index (Phi) is 6.78. The van der Waals surface area contributed by atoms with Crippen LogP contribution in [0.25, 0.3) is 10.9 Å². The minimum Gasteiger partial charge on any atom is -0.496 e. The first kappa shape index (κ1) is 26.3. The van der Waals surface area contributed by atoms with Gasteiger partial charge in [-0.1, -0.05) is 32.0 Å². The van der Waals surface area contributed by atoms with E-state index in [2.05, 4.69) is 21.7 Å². The number of carbonyl (C=O) groups excluding carboxylic acids is 3. The maximum absolute atomic E-state index is 13.9. The van der Waals surface area contributed by atoms with Crippen molar-refractivity contribution in [2.45, 2.75) is 44.2 Å². The van der Waals surface area contributed by atoms with Crippen molar-refractivity contribution in [2.24, 2.45) is 5.92 Å². The smallest absolute Gasteiger partial charge is 0.268 e. The van der Waals surface area contributed by atoms with Crippen molar-refractivity contribution in [3.05, 3.63) is 59.3 Å². The van der Waals surface area contributed by atoms with Crippen LogP contribution in [-0.4, -0.2) is 65.1 Å². The van der Waals surface area contributed by atoms with E-state index >= 15 is 0 Å². The van der Waals surface area contributed by atoms with E-state index in [1.54, 1.807) is 23.1 Å². The number of H-pyrrole nitrogens is 1. The number of benzene rings is 2. The summed E-state index contributed by atoms with van der Waals surface area (Å²) in [6.45, 7) is 3.73. The van der Waals surface area contributed by atoms with Crippen LogP contribution in [0.15, 0.2) is 42.5 Å². The predicted octanol–water partition coefficient (Wildman–Crippen LogP) is 2.68. The summed E-state index contributed by atoms with van der Waals surface area (Å²) < 4.78 is 5.39. The Morgan fingerprint density at radius 2 is 2.05 bits per heavy atom. The number of aromatic amines is 1. The van der Waals surface area contributed by atoms with Gasteiger partial charge in [0.2, 0.25) is 11.8 Å². The summed E-state index contributed by atoms with van der Waals surface area (Å²) in [4.78, 5) is 45.0. The molecule has 1 fully saturated rings. The Labute approximate surface area is 225 Å². The number of anilines is 1. The van der Waals surface area contributed by atoms with Gasteiger partial charge in [0.15, 0.2) is 0 Å². The van der Waals surface area contributed by atoms with Crippen LogP contribution in [0.1, 0.15) is 48.3 Å². The van der Waals surface area contributed by atoms with E-state index < -0.39 is 23.4 Å². The fourth-order valence-electron chi connectivity index (χ4n) is 5.84. The van der Waals surface area contributed by atoms with Gasteiger partial charge in [0.25, 0.3) is 5.91 Å². The van der Waals surface area contributed by atoms with Gasteiger partial charge in [0.1, 0.15) is 17.5 Å². The number of aliphatic hydroxyl groups excluding tert-OH is 1. The molecule has 3 atom stereocenters. The number of aromatic nitrogens is 1. The van der Waals surface area contributed by atoms with E-state index in [0.717, 1.165) is 5.56 Å². The molecular weight excluding hydrogens is 498 g/mol. The van der Waals surface area contributed by atoms with Gasteiger partial charge in [-0.05, 0) is 48.6 Å². The lowest BCUT2D eigenvalue weighted by Crippen LogP contribution is -2.52. The molecule has 3 aromatic rings. The molecule has 2 aliphatic heterocycles. The van der Waals surface area contributed by atoms with Gasteiger partial charge < -0.3 is 30.4 Å². The number of nitriles is 1. The lowest BCUT2D eigenvalue weighted by atomic mass is 9.79. The molecule has 2 aliphatic rings. The van der Waals surface area contributed by atoms with Gasteiger partial charge in [-0.3, -0.25) is 14.4 Å². The number of carbonyl (C=O) groups is 3. The Balaban J connectivity index is 1.42. The van der Waals surface area contributed by atoms with E-state index in [-0.39, 0.29) is 36.6 Å². The molecule has 0 aliphatic carbocycles. The van der Waals surface area contributed by atoms with Crippen molar-refractivity contribution in [1.29, 1.82) is 5.26 Å². The molecule has 1 unspecified atom stereocenters. The fraction of sp³-hybridized carbons (Fsp3) is 0.379. The first-order valence-electron chi connectivity index (χ1n) is 12.9. The number of aliphatic hydroxyl groups is 1. The average molecular weight is 530 g/mol. The Morgan fingerprint density at radius 3 is 2.74 bits per heavy atom. The Morgan fingerprint density at radius 1 is 1.28 bits per heavy atom. The number of likely N-dealkylation sites (tertiary alicyclic amines) is 1. The lowest BCUT2D eigenvalue weighted by Gasteiger charge is -2.29. The lowest BCUT2D eigenvalue weighted by molar-refractivity contribution is -0.135. The molecule has 10 heteroatoms. The van der Waals surface area contributed by atoms with E-state index in [4.69, 9.17) is 4.74 Å². The van der Waals surface area contributed by atoms with Gasteiger partial charge in [-0.2, -0.15) is 5.26 Å². The van der Waals surface area contributed by atoms with Crippen molar-refractivity contribution in [3.8, 4) is 11.8 Å². The van der Waals surface area contributed by atoms with E-state index in [1.165, 1.54) is 7.11 Å². The van der Waals surface area contributed by atoms with Gasteiger partial charge in [0.05, 0.1) is 42.3 Å². The van der Waals surface area contributed by atoms with Crippen molar-refractivity contribution in [2.75, 3.05) is 25.6 Å². The second-order valence-electron chi connectivity index (χ2n) is 10.7. The predicted molar refractivity (Wildman–Crippen MR) is 144 cm³/mol. The molecule has 10 nitrogen and oxygen atoms in total. The summed E-state index contributed by atoms with van der Waals surface area (Å²) in [7, 11) is 1.49. The molecule has 202 valence electrons. The normalized spacial score (nSPS) is 20.7. The fourth-order valence-corrected chi connectivity index (χ4v) is 5.84. The zero-order valence-electron chi connectivity index (χ0n) is 22.1. The van der Waals surface area contributed by atoms with Crippen LogP contribution in [0.3, 0.4) is 0 Å². The molecule has 0 bridgehead atoms. The van der Waals surface area contributed by atoms with Crippen LogP contribution < -0.4 is 15.4 Å². The molecule has 1 aromatic heterocycles. The summed E-state index contributed by atoms with van der Waals surface area (Å²) in [5.41, 5.74) is 1.76. The third-order valence-corrected chi connectivity index (χ3v) is 7.69. The third kappa shape index (κ3) is 4.49. The number of methoxy groups -OCH3 is 1. The Hall–Kier alpha value is -4.36. The number of amides is 3.